The summed E-state index contributed by atoms with van der Waals surface area (Å²) < 4.78 is 0. The maximum Gasteiger partial charge on any atom is 0.211 e. The number of hydrogen-bond donors (Lipinski definition) is 2. The number of benzene rings is 1. The zero-order valence-corrected chi connectivity index (χ0v) is 14.4. The minimum atomic E-state index is -0.0601. The average Bonchev–Trinajstić information content (AvgIpc) is 3.01. The van der Waals surface area contributed by atoms with Gasteiger partial charge in [0, 0.05) is 31.3 Å². The van der Waals surface area contributed by atoms with Gasteiger partial charge in [0.15, 0.2) is 11.4 Å². The number of nitrogens with one attached hydrogen (secondary N) is 2. The molecule has 1 saturated heterocycles. The van der Waals surface area contributed by atoms with Gasteiger partial charge in [-0.25, -0.2) is 9.89 Å². The molecule has 4 rings (SSSR count). The normalized spacial score (nSPS) is 25.2. The third-order valence-electron chi connectivity index (χ3n) is 5.36. The van der Waals surface area contributed by atoms with Gasteiger partial charge < -0.3 is 10.2 Å². The standard InChI is InChI=1S/C19H26N4/c1-4-18-20-13-17-19(2,3)21-15-9-8-14(12-16(15)23(17)18)22-10-6-5-7-11-22/h8-9,12-13,21H,4-7,10-11H2,1-3H3/p+1. The van der Waals surface area contributed by atoms with E-state index in [4.69, 9.17) is 4.99 Å². The summed E-state index contributed by atoms with van der Waals surface area (Å²) in [4.78, 5) is 8.60. The summed E-state index contributed by atoms with van der Waals surface area (Å²) in [6, 6.07) is 6.92. The number of anilines is 2. The summed E-state index contributed by atoms with van der Waals surface area (Å²) >= 11 is 0. The van der Waals surface area contributed by atoms with Gasteiger partial charge >= 0.3 is 0 Å². The third kappa shape index (κ3) is 2.36. The number of quaternary nitrogens is 1. The van der Waals surface area contributed by atoms with Gasteiger partial charge in [0.2, 0.25) is 5.84 Å². The van der Waals surface area contributed by atoms with Gasteiger partial charge in [-0.1, -0.05) is 6.92 Å². The fourth-order valence-electron chi connectivity index (χ4n) is 4.07. The van der Waals surface area contributed by atoms with Gasteiger partial charge in [0.25, 0.3) is 0 Å². The molecule has 3 aliphatic heterocycles. The highest BCUT2D eigenvalue weighted by molar-refractivity contribution is 5.84. The number of hydrogen-bond acceptors (Lipinski definition) is 3. The van der Waals surface area contributed by atoms with Crippen LogP contribution in [-0.2, 0) is 0 Å². The maximum atomic E-state index is 4.70. The van der Waals surface area contributed by atoms with Crippen LogP contribution in [0.25, 0.3) is 0 Å². The minimum absolute atomic E-state index is 0.0601. The second kappa shape index (κ2) is 5.38. The lowest BCUT2D eigenvalue weighted by molar-refractivity contribution is -0.689. The number of nitrogens with zero attached hydrogens (tertiary/aromatic N) is 2. The lowest BCUT2D eigenvalue weighted by atomic mass is 9.94. The fraction of sp³-hybridized carbons (Fsp3) is 0.526. The van der Waals surface area contributed by atoms with E-state index in [0.717, 1.165) is 6.42 Å². The Bertz CT molecular complexity index is 681. The highest BCUT2D eigenvalue weighted by atomic mass is 15.3. The van der Waals surface area contributed by atoms with Crippen molar-refractivity contribution in [3.63, 3.8) is 0 Å². The third-order valence-corrected chi connectivity index (χ3v) is 5.36. The highest BCUT2D eigenvalue weighted by Gasteiger charge is 2.44. The van der Waals surface area contributed by atoms with E-state index in [1.165, 1.54) is 65.8 Å². The van der Waals surface area contributed by atoms with Gasteiger partial charge in [-0.2, -0.15) is 0 Å². The second-order valence-electron chi connectivity index (χ2n) is 7.37. The summed E-state index contributed by atoms with van der Waals surface area (Å²) in [5, 5.41) is 3.70. The first-order valence-corrected chi connectivity index (χ1v) is 8.93. The maximum absolute atomic E-state index is 4.70. The van der Waals surface area contributed by atoms with Crippen LogP contribution in [0.3, 0.4) is 0 Å². The van der Waals surface area contributed by atoms with Crippen molar-refractivity contribution in [2.75, 3.05) is 23.3 Å². The Balaban J connectivity index is 1.76. The van der Waals surface area contributed by atoms with Crippen LogP contribution >= 0.6 is 0 Å². The van der Waals surface area contributed by atoms with Crippen molar-refractivity contribution < 1.29 is 4.90 Å². The molecule has 0 radical (unpaired) electrons. The van der Waals surface area contributed by atoms with Crippen LogP contribution in [0.2, 0.25) is 0 Å². The smallest absolute Gasteiger partial charge is 0.211 e. The van der Waals surface area contributed by atoms with E-state index in [0.29, 0.717) is 0 Å². The second-order valence-corrected chi connectivity index (χ2v) is 7.37. The molecule has 3 aliphatic rings. The Morgan fingerprint density at radius 1 is 1.22 bits per heavy atom. The summed E-state index contributed by atoms with van der Waals surface area (Å²) in [6.07, 6.45) is 7.04. The van der Waals surface area contributed by atoms with Crippen LogP contribution in [0.4, 0.5) is 17.1 Å². The van der Waals surface area contributed by atoms with Crippen molar-refractivity contribution in [3.05, 3.63) is 30.1 Å². The molecule has 1 aromatic rings. The van der Waals surface area contributed by atoms with Crippen molar-refractivity contribution in [2.24, 2.45) is 4.99 Å². The fourth-order valence-corrected chi connectivity index (χ4v) is 4.07. The van der Waals surface area contributed by atoms with Crippen LogP contribution in [-0.4, -0.2) is 24.5 Å². The van der Waals surface area contributed by atoms with Gasteiger partial charge in [-0.3, -0.25) is 0 Å². The molecule has 4 nitrogen and oxygen atoms in total. The zero-order chi connectivity index (χ0) is 16.0. The Labute approximate surface area is 138 Å². The monoisotopic (exact) mass is 311 g/mol. The first-order valence-electron chi connectivity index (χ1n) is 8.93. The molecule has 3 heterocycles. The SMILES string of the molecule is CCC1=NC=C2[NH+]1c1cc(N3CCCCC3)ccc1NC2(C)C. The molecule has 122 valence electrons. The molecule has 4 heteroatoms. The van der Waals surface area contributed by atoms with Crippen molar-refractivity contribution in [1.29, 1.82) is 0 Å². The molecule has 1 unspecified atom stereocenters. The first-order chi connectivity index (χ1) is 11.1. The minimum Gasteiger partial charge on any atom is -0.371 e. The molecule has 23 heavy (non-hydrogen) atoms. The van der Waals surface area contributed by atoms with Crippen molar-refractivity contribution in [3.8, 4) is 0 Å². The van der Waals surface area contributed by atoms with Gasteiger partial charge in [0.05, 0.1) is 11.9 Å². The molecular formula is C19H27N4+. The van der Waals surface area contributed by atoms with E-state index in [-0.39, 0.29) is 5.54 Å². The summed E-state index contributed by atoms with van der Waals surface area (Å²) in [7, 11) is 0. The molecule has 0 spiro atoms. The van der Waals surface area contributed by atoms with E-state index in [1.54, 1.807) is 0 Å². The van der Waals surface area contributed by atoms with Gasteiger partial charge in [-0.05, 0) is 45.2 Å². The molecule has 0 amide bonds. The Kier molecular flexibility index (Phi) is 3.45. The number of amidine groups is 1. The molecule has 2 N–H and O–H groups in total. The Morgan fingerprint density at radius 3 is 2.74 bits per heavy atom. The van der Waals surface area contributed by atoms with Gasteiger partial charge in [-0.15, -0.1) is 0 Å². The number of piperidine rings is 1. The van der Waals surface area contributed by atoms with E-state index in [9.17, 15) is 0 Å². The quantitative estimate of drug-likeness (QED) is 0.880. The summed E-state index contributed by atoms with van der Waals surface area (Å²) in [5.74, 6) is 1.23. The average molecular weight is 311 g/mol. The highest BCUT2D eigenvalue weighted by Crippen LogP contribution is 2.35. The predicted octanol–water partition coefficient (Wildman–Crippen LogP) is 3.06. The zero-order valence-electron chi connectivity index (χ0n) is 14.4. The van der Waals surface area contributed by atoms with Crippen LogP contribution in [0.15, 0.2) is 35.1 Å². The largest absolute Gasteiger partial charge is 0.371 e. The van der Waals surface area contributed by atoms with Crippen LogP contribution < -0.4 is 15.1 Å². The lowest BCUT2D eigenvalue weighted by Gasteiger charge is -2.38. The van der Waals surface area contributed by atoms with E-state index in [2.05, 4.69) is 55.4 Å². The summed E-state index contributed by atoms with van der Waals surface area (Å²) in [6.45, 7) is 9.06. The molecule has 0 saturated carbocycles. The van der Waals surface area contributed by atoms with Crippen LogP contribution in [0.5, 0.6) is 0 Å². The molecule has 1 atom stereocenters. The number of fused-ring (bicyclic) bond motifs is 3. The molecule has 1 fully saturated rings. The topological polar surface area (TPSA) is 32.1 Å². The van der Waals surface area contributed by atoms with Gasteiger partial charge in [0.1, 0.15) is 5.54 Å². The number of rotatable bonds is 2. The first kappa shape index (κ1) is 14.8. The number of aliphatic imine (C=N–C) groups is 1. The molecule has 0 aliphatic carbocycles. The molecule has 0 aromatic heterocycles. The van der Waals surface area contributed by atoms with E-state index >= 15 is 0 Å². The van der Waals surface area contributed by atoms with Crippen molar-refractivity contribution in [2.45, 2.75) is 52.0 Å². The molecular weight excluding hydrogens is 284 g/mol. The van der Waals surface area contributed by atoms with Crippen LogP contribution in [0.1, 0.15) is 46.5 Å². The Morgan fingerprint density at radius 2 is 2.00 bits per heavy atom. The van der Waals surface area contributed by atoms with Crippen LogP contribution in [0, 0.1) is 0 Å². The molecule has 0 bridgehead atoms. The molecule has 1 aromatic carbocycles. The van der Waals surface area contributed by atoms with E-state index < -0.39 is 0 Å². The van der Waals surface area contributed by atoms with Crippen molar-refractivity contribution >= 4 is 22.9 Å². The lowest BCUT2D eigenvalue weighted by Crippen LogP contribution is -3.10. The van der Waals surface area contributed by atoms with Crippen molar-refractivity contribution in [1.82, 2.24) is 0 Å². The van der Waals surface area contributed by atoms with E-state index in [1.807, 2.05) is 0 Å². The predicted molar refractivity (Wildman–Crippen MR) is 96.6 cm³/mol. The summed E-state index contributed by atoms with van der Waals surface area (Å²) in [5.41, 5.74) is 5.20. The Hall–Kier alpha value is -1.81.